The summed E-state index contributed by atoms with van der Waals surface area (Å²) >= 11 is 3.42. The van der Waals surface area contributed by atoms with E-state index in [0.29, 0.717) is 6.04 Å². The van der Waals surface area contributed by atoms with Crippen LogP contribution in [0.1, 0.15) is 31.7 Å². The molecule has 0 aromatic heterocycles. The van der Waals surface area contributed by atoms with Crippen LogP contribution in [0.25, 0.3) is 6.08 Å². The van der Waals surface area contributed by atoms with E-state index in [9.17, 15) is 4.79 Å². The fourth-order valence-corrected chi connectivity index (χ4v) is 2.72. The number of hydrogen-bond donors (Lipinski definition) is 1. The molecule has 1 saturated heterocycles. The lowest BCUT2D eigenvalue weighted by Gasteiger charge is -2.32. The quantitative estimate of drug-likeness (QED) is 0.876. The predicted octanol–water partition coefficient (Wildman–Crippen LogP) is 4.00. The lowest BCUT2D eigenvalue weighted by molar-refractivity contribution is 0.161. The third-order valence-electron chi connectivity index (χ3n) is 3.40. The first-order valence-electron chi connectivity index (χ1n) is 6.66. The summed E-state index contributed by atoms with van der Waals surface area (Å²) in [4.78, 5) is 13.9. The van der Waals surface area contributed by atoms with Crippen LogP contribution in [0.2, 0.25) is 0 Å². The zero-order valence-electron chi connectivity index (χ0n) is 11.1. The summed E-state index contributed by atoms with van der Waals surface area (Å²) in [7, 11) is 0. The summed E-state index contributed by atoms with van der Waals surface area (Å²) in [5.74, 6) is 0. The van der Waals surface area contributed by atoms with Crippen LogP contribution in [0.5, 0.6) is 0 Å². The Balaban J connectivity index is 1.89. The topological polar surface area (TPSA) is 32.3 Å². The van der Waals surface area contributed by atoms with Crippen molar-refractivity contribution in [3.8, 4) is 0 Å². The molecule has 102 valence electrons. The third-order valence-corrected chi connectivity index (χ3v) is 3.89. The average molecular weight is 323 g/mol. The molecule has 0 spiro atoms. The van der Waals surface area contributed by atoms with Crippen molar-refractivity contribution in [2.75, 3.05) is 6.54 Å². The maximum absolute atomic E-state index is 12.0. The molecule has 1 N–H and O–H groups in total. The number of nitrogens with zero attached hydrogens (tertiary/aromatic N) is 1. The fraction of sp³-hybridized carbons (Fsp3) is 0.400. The van der Waals surface area contributed by atoms with E-state index < -0.39 is 0 Å². The number of benzene rings is 1. The molecule has 1 aliphatic rings. The highest BCUT2D eigenvalue weighted by atomic mass is 79.9. The van der Waals surface area contributed by atoms with Gasteiger partial charge >= 0.3 is 6.03 Å². The second kappa shape index (κ2) is 6.75. The zero-order valence-corrected chi connectivity index (χ0v) is 12.7. The molecule has 3 nitrogen and oxygen atoms in total. The number of nitrogens with one attached hydrogen (secondary N) is 1. The molecular weight excluding hydrogens is 304 g/mol. The molecule has 2 amide bonds. The van der Waals surface area contributed by atoms with Gasteiger partial charge in [-0.1, -0.05) is 28.1 Å². The molecule has 1 aromatic rings. The van der Waals surface area contributed by atoms with Crippen molar-refractivity contribution in [1.82, 2.24) is 10.2 Å². The second-order valence-corrected chi connectivity index (χ2v) is 5.79. The van der Waals surface area contributed by atoms with E-state index in [-0.39, 0.29) is 6.03 Å². The molecule has 2 rings (SSSR count). The number of carbonyl (C=O) groups excluding carboxylic acids is 1. The van der Waals surface area contributed by atoms with E-state index in [4.69, 9.17) is 0 Å². The van der Waals surface area contributed by atoms with Crippen molar-refractivity contribution >= 4 is 28.0 Å². The number of rotatable bonds is 2. The van der Waals surface area contributed by atoms with Gasteiger partial charge in [-0.2, -0.15) is 0 Å². The first kappa shape index (κ1) is 14.1. The van der Waals surface area contributed by atoms with E-state index in [2.05, 4.69) is 28.2 Å². The van der Waals surface area contributed by atoms with Gasteiger partial charge in [0.2, 0.25) is 0 Å². The van der Waals surface area contributed by atoms with E-state index >= 15 is 0 Å². The minimum atomic E-state index is -0.00144. The average Bonchev–Trinajstić information content (AvgIpc) is 2.39. The van der Waals surface area contributed by atoms with Crippen LogP contribution < -0.4 is 5.32 Å². The fourth-order valence-electron chi connectivity index (χ4n) is 2.30. The van der Waals surface area contributed by atoms with Gasteiger partial charge in [0, 0.05) is 23.3 Å². The summed E-state index contributed by atoms with van der Waals surface area (Å²) in [5, 5.41) is 2.84. The van der Waals surface area contributed by atoms with Crippen LogP contribution in [0.3, 0.4) is 0 Å². The van der Waals surface area contributed by atoms with Crippen molar-refractivity contribution in [2.45, 2.75) is 32.2 Å². The van der Waals surface area contributed by atoms with E-state index in [1.165, 1.54) is 6.42 Å². The van der Waals surface area contributed by atoms with Gasteiger partial charge in [-0.25, -0.2) is 4.79 Å². The molecule has 1 fully saturated rings. The Morgan fingerprint density at radius 3 is 3.05 bits per heavy atom. The highest BCUT2D eigenvalue weighted by Crippen LogP contribution is 2.16. The normalized spacial score (nSPS) is 19.7. The van der Waals surface area contributed by atoms with Gasteiger partial charge in [0.05, 0.1) is 0 Å². The van der Waals surface area contributed by atoms with Crippen LogP contribution in [0.4, 0.5) is 4.79 Å². The minimum absolute atomic E-state index is 0.00144. The first-order valence-corrected chi connectivity index (χ1v) is 7.45. The highest BCUT2D eigenvalue weighted by molar-refractivity contribution is 9.10. The van der Waals surface area contributed by atoms with Gasteiger partial charge in [-0.3, -0.25) is 0 Å². The van der Waals surface area contributed by atoms with E-state index in [1.54, 1.807) is 6.20 Å². The van der Waals surface area contributed by atoms with Crippen molar-refractivity contribution in [3.63, 3.8) is 0 Å². The number of hydrogen-bond acceptors (Lipinski definition) is 1. The standard InChI is InChI=1S/C15H19BrN2O/c1-12-5-2-3-10-18(12)15(19)17-9-8-13-6-4-7-14(16)11-13/h4,6-9,11-12H,2-3,5,10H2,1H3,(H,17,19)/b9-8+. The van der Waals surface area contributed by atoms with E-state index in [0.717, 1.165) is 29.4 Å². The number of piperidine rings is 1. The number of carbonyl (C=O) groups is 1. The summed E-state index contributed by atoms with van der Waals surface area (Å²) in [6.07, 6.45) is 7.04. The van der Waals surface area contributed by atoms with E-state index in [1.807, 2.05) is 35.2 Å². The molecule has 0 bridgehead atoms. The molecule has 1 aromatic carbocycles. The molecule has 19 heavy (non-hydrogen) atoms. The third kappa shape index (κ3) is 4.10. The van der Waals surface area contributed by atoms with Gasteiger partial charge < -0.3 is 10.2 Å². The lowest BCUT2D eigenvalue weighted by atomic mass is 10.0. The molecule has 0 aliphatic carbocycles. The number of amides is 2. The lowest BCUT2D eigenvalue weighted by Crippen LogP contribution is -2.46. The van der Waals surface area contributed by atoms with Crippen LogP contribution in [-0.4, -0.2) is 23.5 Å². The van der Waals surface area contributed by atoms with Gasteiger partial charge in [-0.15, -0.1) is 0 Å². The largest absolute Gasteiger partial charge is 0.322 e. The maximum Gasteiger partial charge on any atom is 0.321 e. The molecule has 0 radical (unpaired) electrons. The summed E-state index contributed by atoms with van der Waals surface area (Å²) in [6.45, 7) is 2.97. The Labute approximate surface area is 122 Å². The Kier molecular flexibility index (Phi) is 5.02. The number of urea groups is 1. The van der Waals surface area contributed by atoms with Crippen LogP contribution in [-0.2, 0) is 0 Å². The Hall–Kier alpha value is -1.29. The van der Waals surface area contributed by atoms with Gasteiger partial charge in [0.25, 0.3) is 0 Å². The monoisotopic (exact) mass is 322 g/mol. The Bertz CT molecular complexity index is 473. The number of halogens is 1. The summed E-state index contributed by atoms with van der Waals surface area (Å²) < 4.78 is 1.03. The molecule has 4 heteroatoms. The molecule has 1 aliphatic heterocycles. The predicted molar refractivity (Wildman–Crippen MR) is 81.7 cm³/mol. The smallest absolute Gasteiger partial charge is 0.321 e. The number of likely N-dealkylation sites (tertiary alicyclic amines) is 1. The minimum Gasteiger partial charge on any atom is -0.322 e. The summed E-state index contributed by atoms with van der Waals surface area (Å²) in [5.41, 5.74) is 1.06. The van der Waals surface area contributed by atoms with Gasteiger partial charge in [0.1, 0.15) is 0 Å². The Morgan fingerprint density at radius 2 is 2.32 bits per heavy atom. The molecule has 1 heterocycles. The van der Waals surface area contributed by atoms with Crippen molar-refractivity contribution < 1.29 is 4.79 Å². The highest BCUT2D eigenvalue weighted by Gasteiger charge is 2.22. The molecule has 0 saturated carbocycles. The van der Waals surface area contributed by atoms with Crippen molar-refractivity contribution in [2.24, 2.45) is 0 Å². The molecular formula is C15H19BrN2O. The van der Waals surface area contributed by atoms with Crippen LogP contribution >= 0.6 is 15.9 Å². The van der Waals surface area contributed by atoms with Crippen LogP contribution in [0, 0.1) is 0 Å². The zero-order chi connectivity index (χ0) is 13.7. The van der Waals surface area contributed by atoms with Crippen LogP contribution in [0.15, 0.2) is 34.9 Å². The SMILES string of the molecule is CC1CCCCN1C(=O)N/C=C/c1cccc(Br)c1. The van der Waals surface area contributed by atoms with Gasteiger partial charge in [-0.05, 0) is 50.0 Å². The molecule has 1 atom stereocenters. The van der Waals surface area contributed by atoms with Crippen molar-refractivity contribution in [1.29, 1.82) is 0 Å². The maximum atomic E-state index is 12.0. The van der Waals surface area contributed by atoms with Crippen molar-refractivity contribution in [3.05, 3.63) is 40.5 Å². The Morgan fingerprint density at radius 1 is 1.47 bits per heavy atom. The second-order valence-electron chi connectivity index (χ2n) is 4.88. The molecule has 1 unspecified atom stereocenters. The first-order chi connectivity index (χ1) is 9.16. The summed E-state index contributed by atoms with van der Waals surface area (Å²) in [6, 6.07) is 8.29. The van der Waals surface area contributed by atoms with Gasteiger partial charge in [0.15, 0.2) is 0 Å².